The lowest BCUT2D eigenvalue weighted by Gasteiger charge is -2.31. The molecular weight excluding hydrogens is 490 g/mol. The van der Waals surface area contributed by atoms with E-state index < -0.39 is 0 Å². The van der Waals surface area contributed by atoms with Gasteiger partial charge in [0, 0.05) is 54.9 Å². The number of hydrogen-bond donors (Lipinski definition) is 1. The highest BCUT2D eigenvalue weighted by Gasteiger charge is 2.26. The molecule has 1 aliphatic rings. The van der Waals surface area contributed by atoms with Crippen molar-refractivity contribution in [3.8, 4) is 11.3 Å². The number of aromatic nitrogens is 2. The van der Waals surface area contributed by atoms with E-state index in [0.717, 1.165) is 55.3 Å². The molecule has 1 aromatic carbocycles. The Bertz CT molecular complexity index is 1120. The number of pyridine rings is 1. The third-order valence-corrected chi connectivity index (χ3v) is 8.33. The van der Waals surface area contributed by atoms with Gasteiger partial charge >= 0.3 is 0 Å². The first kappa shape index (κ1) is 26.2. The van der Waals surface area contributed by atoms with Gasteiger partial charge in [0.25, 0.3) is 0 Å². The molecule has 2 amide bonds. The zero-order valence-electron chi connectivity index (χ0n) is 20.9. The van der Waals surface area contributed by atoms with Gasteiger partial charge in [-0.05, 0) is 51.0 Å². The minimum Gasteiger partial charge on any atom is -0.372 e. The number of benzene rings is 1. The number of thioether (sulfide) groups is 1. The van der Waals surface area contributed by atoms with Crippen molar-refractivity contribution in [2.45, 2.75) is 32.6 Å². The summed E-state index contributed by atoms with van der Waals surface area (Å²) >= 11 is 3.06. The molecule has 0 unspecified atom stereocenters. The molecule has 36 heavy (non-hydrogen) atoms. The van der Waals surface area contributed by atoms with Gasteiger partial charge in [0.2, 0.25) is 11.8 Å². The number of carbonyl (C=O) groups excluding carboxylic acids is 2. The van der Waals surface area contributed by atoms with E-state index in [4.69, 9.17) is 4.98 Å². The van der Waals surface area contributed by atoms with E-state index in [1.807, 2.05) is 11.0 Å². The molecule has 4 rings (SSSR count). The predicted molar refractivity (Wildman–Crippen MR) is 150 cm³/mol. The summed E-state index contributed by atoms with van der Waals surface area (Å²) in [5.74, 6) is 1.41. The highest BCUT2D eigenvalue weighted by Crippen LogP contribution is 2.33. The molecule has 7 nitrogen and oxygen atoms in total. The Morgan fingerprint density at radius 3 is 2.50 bits per heavy atom. The van der Waals surface area contributed by atoms with E-state index >= 15 is 0 Å². The van der Waals surface area contributed by atoms with Gasteiger partial charge < -0.3 is 15.1 Å². The van der Waals surface area contributed by atoms with Gasteiger partial charge in [-0.3, -0.25) is 9.59 Å². The standard InChI is InChI=1S/C27H33N5O2S2/c1-3-31(4-2)22-10-8-20(9-11-22)23-17-36-27(29-23)21-12-15-32(16-13-21)26(34)19-35-18-25(33)30-24-7-5-6-14-28-24/h5-11,14,17,21H,3-4,12-13,15-16,18-19H2,1-2H3,(H,28,30,33). The molecule has 0 radical (unpaired) electrons. The third kappa shape index (κ3) is 6.85. The second kappa shape index (κ2) is 12.9. The van der Waals surface area contributed by atoms with E-state index in [9.17, 15) is 9.59 Å². The average molecular weight is 524 g/mol. The number of amides is 2. The molecule has 3 aromatic rings. The number of likely N-dealkylation sites (tertiary alicyclic amines) is 1. The van der Waals surface area contributed by atoms with Crippen molar-refractivity contribution in [2.75, 3.05) is 47.9 Å². The Hall–Kier alpha value is -2.91. The molecule has 2 aromatic heterocycles. The summed E-state index contributed by atoms with van der Waals surface area (Å²) in [6, 6.07) is 14.0. The molecule has 3 heterocycles. The first-order valence-corrected chi connectivity index (χ1v) is 14.5. The van der Waals surface area contributed by atoms with Gasteiger partial charge in [-0.2, -0.15) is 0 Å². The number of anilines is 2. The Labute approximate surface area is 221 Å². The molecule has 9 heteroatoms. The van der Waals surface area contributed by atoms with Crippen LogP contribution in [0, 0.1) is 0 Å². The lowest BCUT2D eigenvalue weighted by atomic mass is 9.97. The normalized spacial score (nSPS) is 14.0. The van der Waals surface area contributed by atoms with Crippen molar-refractivity contribution in [1.29, 1.82) is 0 Å². The molecular formula is C27H33N5O2S2. The summed E-state index contributed by atoms with van der Waals surface area (Å²) in [7, 11) is 0. The maximum absolute atomic E-state index is 12.6. The summed E-state index contributed by atoms with van der Waals surface area (Å²) in [6.07, 6.45) is 3.47. The minimum atomic E-state index is -0.146. The van der Waals surface area contributed by atoms with E-state index in [2.05, 4.69) is 58.7 Å². The molecule has 190 valence electrons. The minimum absolute atomic E-state index is 0.0946. The zero-order chi connectivity index (χ0) is 25.3. The van der Waals surface area contributed by atoms with Crippen LogP contribution in [-0.2, 0) is 9.59 Å². The van der Waals surface area contributed by atoms with Gasteiger partial charge in [-0.1, -0.05) is 18.2 Å². The van der Waals surface area contributed by atoms with Crippen LogP contribution >= 0.6 is 23.1 Å². The highest BCUT2D eigenvalue weighted by atomic mass is 32.2. The van der Waals surface area contributed by atoms with E-state index in [-0.39, 0.29) is 17.6 Å². The third-order valence-electron chi connectivity index (χ3n) is 6.40. The monoisotopic (exact) mass is 523 g/mol. The summed E-state index contributed by atoms with van der Waals surface area (Å²) in [5.41, 5.74) is 3.41. The number of carbonyl (C=O) groups is 2. The molecule has 0 aliphatic carbocycles. The molecule has 0 atom stereocenters. The fraction of sp³-hybridized carbons (Fsp3) is 0.407. The fourth-order valence-corrected chi connectivity index (χ4v) is 6.07. The number of thiazole rings is 1. The Balaban J connectivity index is 1.22. The van der Waals surface area contributed by atoms with Gasteiger partial charge in [0.1, 0.15) is 5.82 Å². The number of hydrogen-bond acceptors (Lipinski definition) is 7. The highest BCUT2D eigenvalue weighted by molar-refractivity contribution is 8.00. The smallest absolute Gasteiger partial charge is 0.235 e. The second-order valence-electron chi connectivity index (χ2n) is 8.70. The largest absolute Gasteiger partial charge is 0.372 e. The maximum Gasteiger partial charge on any atom is 0.235 e. The molecule has 1 N–H and O–H groups in total. The number of nitrogens with zero attached hydrogens (tertiary/aromatic N) is 4. The van der Waals surface area contributed by atoms with Crippen LogP contribution < -0.4 is 10.2 Å². The Morgan fingerprint density at radius 2 is 1.83 bits per heavy atom. The van der Waals surface area contributed by atoms with Gasteiger partial charge in [-0.25, -0.2) is 9.97 Å². The van der Waals surface area contributed by atoms with Crippen molar-refractivity contribution in [3.63, 3.8) is 0 Å². The van der Waals surface area contributed by atoms with Gasteiger partial charge in [-0.15, -0.1) is 23.1 Å². The topological polar surface area (TPSA) is 78.4 Å². The quantitative estimate of drug-likeness (QED) is 0.397. The Morgan fingerprint density at radius 1 is 1.08 bits per heavy atom. The van der Waals surface area contributed by atoms with Crippen molar-refractivity contribution in [3.05, 3.63) is 59.0 Å². The first-order valence-electron chi connectivity index (χ1n) is 12.4. The molecule has 0 spiro atoms. The first-order chi connectivity index (χ1) is 17.6. The van der Waals surface area contributed by atoms with Crippen molar-refractivity contribution >= 4 is 46.4 Å². The Kier molecular flexibility index (Phi) is 9.35. The molecule has 1 fully saturated rings. The van der Waals surface area contributed by atoms with E-state index in [0.29, 0.717) is 17.5 Å². The molecule has 1 saturated heterocycles. The number of nitrogens with one attached hydrogen (secondary N) is 1. The van der Waals surface area contributed by atoms with Crippen molar-refractivity contribution in [1.82, 2.24) is 14.9 Å². The number of piperidine rings is 1. The van der Waals surface area contributed by atoms with Crippen LogP contribution in [0.2, 0.25) is 0 Å². The summed E-state index contributed by atoms with van der Waals surface area (Å²) in [5, 5.41) is 6.04. The SMILES string of the molecule is CCN(CC)c1ccc(-c2csc(C3CCN(C(=O)CSCC(=O)Nc4ccccn4)CC3)n2)cc1. The van der Waals surface area contributed by atoms with Crippen LogP contribution in [0.5, 0.6) is 0 Å². The fourth-order valence-electron chi connectivity index (χ4n) is 4.35. The molecule has 0 saturated carbocycles. The molecule has 0 bridgehead atoms. The van der Waals surface area contributed by atoms with E-state index in [1.54, 1.807) is 29.7 Å². The lowest BCUT2D eigenvalue weighted by Crippen LogP contribution is -2.39. The van der Waals surface area contributed by atoms with Crippen LogP contribution in [0.15, 0.2) is 54.0 Å². The van der Waals surface area contributed by atoms with Crippen LogP contribution in [0.25, 0.3) is 11.3 Å². The van der Waals surface area contributed by atoms with Crippen molar-refractivity contribution in [2.24, 2.45) is 0 Å². The predicted octanol–water partition coefficient (Wildman–Crippen LogP) is 5.13. The van der Waals surface area contributed by atoms with Crippen molar-refractivity contribution < 1.29 is 9.59 Å². The summed E-state index contributed by atoms with van der Waals surface area (Å²) in [4.78, 5) is 37.9. The van der Waals surface area contributed by atoms with E-state index in [1.165, 1.54) is 17.4 Å². The zero-order valence-corrected chi connectivity index (χ0v) is 22.5. The summed E-state index contributed by atoms with van der Waals surface area (Å²) in [6.45, 7) is 7.81. The average Bonchev–Trinajstić information content (AvgIpc) is 3.41. The summed E-state index contributed by atoms with van der Waals surface area (Å²) < 4.78 is 0. The second-order valence-corrected chi connectivity index (χ2v) is 10.6. The lowest BCUT2D eigenvalue weighted by molar-refractivity contribution is -0.129. The van der Waals surface area contributed by atoms with Crippen LogP contribution in [0.4, 0.5) is 11.5 Å². The van der Waals surface area contributed by atoms with Gasteiger partial charge in [0.05, 0.1) is 22.2 Å². The van der Waals surface area contributed by atoms with Crippen LogP contribution in [0.1, 0.15) is 37.6 Å². The van der Waals surface area contributed by atoms with Crippen LogP contribution in [0.3, 0.4) is 0 Å². The molecule has 1 aliphatic heterocycles. The van der Waals surface area contributed by atoms with Gasteiger partial charge in [0.15, 0.2) is 0 Å². The number of rotatable bonds is 10. The van der Waals surface area contributed by atoms with Crippen LogP contribution in [-0.4, -0.2) is 64.4 Å². The maximum atomic E-state index is 12.6.